The fourth-order valence-corrected chi connectivity index (χ4v) is 0.610. The molecule has 0 aliphatic rings. The van der Waals surface area contributed by atoms with E-state index in [2.05, 4.69) is 0 Å². The first-order valence-corrected chi connectivity index (χ1v) is 2.63. The molecule has 0 bridgehead atoms. The molecule has 1 unspecified atom stereocenters. The summed E-state index contributed by atoms with van der Waals surface area (Å²) in [5, 5.41) is 15.8. The van der Waals surface area contributed by atoms with Gasteiger partial charge in [-0.15, -0.1) is 0 Å². The van der Waals surface area contributed by atoms with Gasteiger partial charge in [-0.2, -0.15) is 9.90 Å². The summed E-state index contributed by atoms with van der Waals surface area (Å²) in [5.74, 6) is 0.160. The van der Waals surface area contributed by atoms with E-state index in [0.29, 0.717) is 5.56 Å². The number of nitrogens with one attached hydrogen (secondary N) is 1. The van der Waals surface area contributed by atoms with Crippen LogP contribution < -0.4 is 0 Å². The fraction of sp³-hybridized carbons (Fsp3) is 0. The van der Waals surface area contributed by atoms with E-state index in [9.17, 15) is 0 Å². The number of para-hydroxylation sites is 1. The van der Waals surface area contributed by atoms with Crippen molar-refractivity contribution in [2.75, 3.05) is 0 Å². The van der Waals surface area contributed by atoms with Crippen LogP contribution in [0.5, 0.6) is 5.75 Å². The molecule has 1 rings (SSSR count). The van der Waals surface area contributed by atoms with Crippen molar-refractivity contribution >= 4 is 16.1 Å². The van der Waals surface area contributed by atoms with Gasteiger partial charge in [-0.3, -0.25) is 0 Å². The van der Waals surface area contributed by atoms with E-state index in [1.54, 1.807) is 24.3 Å². The Bertz CT molecular complexity index is 229. The molecular weight excluding hydrogens is 204 g/mol. The normalized spacial score (nSPS) is 7.27. The summed E-state index contributed by atoms with van der Waals surface area (Å²) >= 11 is 0. The van der Waals surface area contributed by atoms with Gasteiger partial charge in [0.25, 0.3) is 0 Å². The van der Waals surface area contributed by atoms with Crippen molar-refractivity contribution in [2.24, 2.45) is 0 Å². The van der Waals surface area contributed by atoms with E-state index in [0.717, 1.165) is 6.21 Å². The van der Waals surface area contributed by atoms with E-state index in [1.165, 1.54) is 0 Å². The molecule has 0 spiro atoms. The number of rotatable bonds is 1. The van der Waals surface area contributed by atoms with Gasteiger partial charge in [-0.25, -0.2) is 0 Å². The maximum Gasteiger partial charge on any atom is 0.124 e. The third-order valence-electron chi connectivity index (χ3n) is 1.09. The number of hydrogen-bond acceptors (Lipinski definition) is 2. The van der Waals surface area contributed by atoms with Crippen molar-refractivity contribution in [3.8, 4) is 5.75 Å². The van der Waals surface area contributed by atoms with Gasteiger partial charge in [-0.05, 0) is 12.1 Å². The number of phenolic OH excluding ortho intramolecular Hbond substituents is 1. The van der Waals surface area contributed by atoms with Crippen LogP contribution in [0, 0.1) is 5.41 Å². The van der Waals surface area contributed by atoms with Crippen LogP contribution in [0.1, 0.15) is 5.56 Å². The molecule has 1 atom stereocenters. The smallest absolute Gasteiger partial charge is 0.124 e. The maximum atomic E-state index is 8.96. The molecule has 0 aliphatic heterocycles. The summed E-state index contributed by atoms with van der Waals surface area (Å²) in [6.45, 7) is 0. The molecule has 0 aliphatic carbocycles. The second-order valence-corrected chi connectivity index (χ2v) is 1.70. The van der Waals surface area contributed by atoms with Crippen LogP contribution in [-0.2, 0) is 16.5 Å². The summed E-state index contributed by atoms with van der Waals surface area (Å²) < 4.78 is 0. The number of aromatic hydroxyl groups is 1. The molecule has 0 saturated carbocycles. The second kappa shape index (κ2) is 6.33. The van der Waals surface area contributed by atoms with E-state index < -0.39 is 0 Å². The Balaban J connectivity index is 0. The first-order chi connectivity index (χ1) is 4.34. The zero-order valence-corrected chi connectivity index (χ0v) is 8.26. The number of benzene rings is 1. The van der Waals surface area contributed by atoms with Crippen LogP contribution in [0.4, 0.5) is 0 Å². The monoisotopic (exact) mass is 213 g/mol. The Hall–Kier alpha value is -0.386. The minimum Gasteiger partial charge on any atom is -0.507 e. The first-order valence-electron chi connectivity index (χ1n) is 2.63. The zero-order chi connectivity index (χ0) is 6.69. The van der Waals surface area contributed by atoms with Crippen LogP contribution in [0.25, 0.3) is 0 Å². The summed E-state index contributed by atoms with van der Waals surface area (Å²) in [4.78, 5) is 0. The Morgan fingerprint density at radius 3 is 2.18 bits per heavy atom. The van der Waals surface area contributed by atoms with E-state index in [-0.39, 0.29) is 32.1 Å². The van der Waals surface area contributed by atoms with Crippen molar-refractivity contribution in [1.29, 1.82) is 5.41 Å². The number of phenols is 1. The van der Waals surface area contributed by atoms with Gasteiger partial charge < -0.3 is 10.5 Å². The van der Waals surface area contributed by atoms with E-state index in [1.807, 2.05) is 0 Å². The molecule has 64 valence electrons. The van der Waals surface area contributed by atoms with Gasteiger partial charge in [0, 0.05) is 28.3 Å². The van der Waals surface area contributed by atoms with Gasteiger partial charge in [0.15, 0.2) is 0 Å². The summed E-state index contributed by atoms with van der Waals surface area (Å²) in [6, 6.07) is 6.74. The summed E-state index contributed by atoms with van der Waals surface area (Å²) in [7, 11) is 0. The predicted molar refractivity (Wildman–Crippen MR) is 47.1 cm³/mol. The van der Waals surface area contributed by atoms with Crippen LogP contribution in [0.15, 0.2) is 24.3 Å². The standard InChI is InChI=1S/C7H7NO.Ni.H3P/c8-5-6-3-1-2-4-7(6)9;;/h1-5,8-9H;;1H3. The Kier molecular flexibility index (Phi) is 7.61. The number of hydrogen-bond donors (Lipinski definition) is 2. The zero-order valence-electron chi connectivity index (χ0n) is 5.86. The Morgan fingerprint density at radius 2 is 1.82 bits per heavy atom. The van der Waals surface area contributed by atoms with E-state index in [4.69, 9.17) is 10.5 Å². The molecule has 0 radical (unpaired) electrons. The van der Waals surface area contributed by atoms with Gasteiger partial charge >= 0.3 is 0 Å². The molecule has 1 aromatic carbocycles. The third-order valence-corrected chi connectivity index (χ3v) is 1.09. The van der Waals surface area contributed by atoms with Crippen LogP contribution in [0.3, 0.4) is 0 Å². The molecule has 2 N–H and O–H groups in total. The van der Waals surface area contributed by atoms with Crippen molar-refractivity contribution in [3.05, 3.63) is 29.8 Å². The van der Waals surface area contributed by atoms with Crippen molar-refractivity contribution < 1.29 is 21.6 Å². The molecule has 1 aromatic rings. The molecule has 0 fully saturated rings. The molecule has 11 heavy (non-hydrogen) atoms. The van der Waals surface area contributed by atoms with Gasteiger partial charge in [-0.1, -0.05) is 12.1 Å². The van der Waals surface area contributed by atoms with E-state index >= 15 is 0 Å². The predicted octanol–water partition coefficient (Wildman–Crippen LogP) is 1.45. The van der Waals surface area contributed by atoms with Gasteiger partial charge in [0.05, 0.1) is 0 Å². The van der Waals surface area contributed by atoms with Crippen molar-refractivity contribution in [2.45, 2.75) is 0 Å². The molecular formula is C7H10NNiOP. The molecule has 0 saturated heterocycles. The minimum atomic E-state index is 0. The minimum absolute atomic E-state index is 0. The third kappa shape index (κ3) is 3.50. The average Bonchev–Trinajstić information content (AvgIpc) is 1.89. The quantitative estimate of drug-likeness (QED) is 0.414. The van der Waals surface area contributed by atoms with Crippen LogP contribution in [-0.4, -0.2) is 11.3 Å². The molecule has 0 heterocycles. The maximum absolute atomic E-state index is 8.96. The average molecular weight is 214 g/mol. The largest absolute Gasteiger partial charge is 0.507 e. The topological polar surface area (TPSA) is 44.1 Å². The summed E-state index contributed by atoms with van der Waals surface area (Å²) in [5.41, 5.74) is 0.553. The SMILES string of the molecule is N=Cc1ccccc1O.P.[Ni]. The Morgan fingerprint density at radius 1 is 1.27 bits per heavy atom. The summed E-state index contributed by atoms with van der Waals surface area (Å²) in [6.07, 6.45) is 1.12. The molecule has 4 heteroatoms. The van der Waals surface area contributed by atoms with Crippen LogP contribution >= 0.6 is 9.90 Å². The molecule has 2 nitrogen and oxygen atoms in total. The van der Waals surface area contributed by atoms with Gasteiger partial charge in [0.2, 0.25) is 0 Å². The molecule has 0 amide bonds. The van der Waals surface area contributed by atoms with Crippen molar-refractivity contribution in [1.82, 2.24) is 0 Å². The fourth-order valence-electron chi connectivity index (χ4n) is 0.610. The van der Waals surface area contributed by atoms with Crippen molar-refractivity contribution in [3.63, 3.8) is 0 Å². The Labute approximate surface area is 79.1 Å². The second-order valence-electron chi connectivity index (χ2n) is 1.70. The first kappa shape index (κ1) is 13.2. The molecule has 0 aromatic heterocycles. The van der Waals surface area contributed by atoms with Gasteiger partial charge in [0.1, 0.15) is 5.75 Å². The van der Waals surface area contributed by atoms with Crippen LogP contribution in [0.2, 0.25) is 0 Å².